The highest BCUT2D eigenvalue weighted by molar-refractivity contribution is 5.88. The largest absolute Gasteiger partial charge is 0.348 e. The van der Waals surface area contributed by atoms with E-state index in [1.807, 2.05) is 12.1 Å². The molecule has 4 aliphatic carbocycles. The third-order valence-corrected chi connectivity index (χ3v) is 7.83. The van der Waals surface area contributed by atoms with Crippen molar-refractivity contribution in [2.24, 2.45) is 23.2 Å². The standard InChI is InChI=1S/C23H32N4O/c1-16(23-12-17-9-18(13-23)11-19(10-17)14-23)8-21(28)26-20-4-2-7-27(15-20)22-24-5-3-6-25-22/h3,5-6,8,17-20H,2,4,7,9-15H2,1H3,(H,26,28)/b16-8-. The predicted octanol–water partition coefficient (Wildman–Crippen LogP) is 3.72. The van der Waals surface area contributed by atoms with E-state index in [0.29, 0.717) is 5.41 Å². The molecule has 28 heavy (non-hydrogen) atoms. The van der Waals surface area contributed by atoms with Gasteiger partial charge in [-0.25, -0.2) is 9.97 Å². The molecule has 1 atom stereocenters. The molecule has 5 fully saturated rings. The predicted molar refractivity (Wildman–Crippen MR) is 110 cm³/mol. The van der Waals surface area contributed by atoms with Gasteiger partial charge in [0, 0.05) is 37.6 Å². The van der Waals surface area contributed by atoms with E-state index in [1.165, 1.54) is 44.1 Å². The first kappa shape index (κ1) is 18.1. The molecule has 1 aromatic rings. The zero-order valence-corrected chi connectivity index (χ0v) is 16.9. The van der Waals surface area contributed by atoms with Gasteiger partial charge < -0.3 is 10.2 Å². The number of aromatic nitrogens is 2. The highest BCUT2D eigenvalue weighted by atomic mass is 16.1. The molecule has 1 amide bonds. The molecule has 0 radical (unpaired) electrons. The Bertz CT molecular complexity index is 724. The normalized spacial score (nSPS) is 37.2. The Morgan fingerprint density at radius 3 is 2.43 bits per heavy atom. The third-order valence-electron chi connectivity index (χ3n) is 7.83. The van der Waals surface area contributed by atoms with Gasteiger partial charge in [0.05, 0.1) is 0 Å². The monoisotopic (exact) mass is 380 g/mol. The van der Waals surface area contributed by atoms with Crippen molar-refractivity contribution in [1.82, 2.24) is 15.3 Å². The number of allylic oxidation sites excluding steroid dienone is 1. The molecule has 1 aromatic heterocycles. The minimum atomic E-state index is 0.0917. The first-order chi connectivity index (χ1) is 13.6. The van der Waals surface area contributed by atoms with Crippen molar-refractivity contribution in [2.75, 3.05) is 18.0 Å². The molecule has 6 rings (SSSR count). The van der Waals surface area contributed by atoms with Crippen molar-refractivity contribution in [3.8, 4) is 0 Å². The number of anilines is 1. The molecular weight excluding hydrogens is 348 g/mol. The van der Waals surface area contributed by atoms with Gasteiger partial charge in [0.1, 0.15) is 0 Å². The van der Waals surface area contributed by atoms with E-state index in [4.69, 9.17) is 0 Å². The van der Waals surface area contributed by atoms with Gasteiger partial charge in [0.15, 0.2) is 0 Å². The fourth-order valence-electron chi connectivity index (χ4n) is 6.92. The second-order valence-corrected chi connectivity index (χ2v) is 9.87. The summed E-state index contributed by atoms with van der Waals surface area (Å²) in [5.41, 5.74) is 1.66. The Kier molecular flexibility index (Phi) is 4.64. The number of hydrogen-bond donors (Lipinski definition) is 1. The van der Waals surface area contributed by atoms with Gasteiger partial charge in [-0.2, -0.15) is 0 Å². The van der Waals surface area contributed by atoms with Crippen LogP contribution in [-0.2, 0) is 4.79 Å². The van der Waals surface area contributed by atoms with Crippen LogP contribution in [0.2, 0.25) is 0 Å². The zero-order valence-electron chi connectivity index (χ0n) is 16.9. The first-order valence-electron chi connectivity index (χ1n) is 11.1. The quantitative estimate of drug-likeness (QED) is 0.809. The second-order valence-electron chi connectivity index (χ2n) is 9.87. The molecule has 2 heterocycles. The van der Waals surface area contributed by atoms with E-state index in [1.54, 1.807) is 12.4 Å². The van der Waals surface area contributed by atoms with E-state index in [2.05, 4.69) is 27.1 Å². The number of nitrogens with zero attached hydrogens (tertiary/aromatic N) is 3. The van der Waals surface area contributed by atoms with Crippen molar-refractivity contribution < 1.29 is 4.79 Å². The summed E-state index contributed by atoms with van der Waals surface area (Å²) in [6, 6.07) is 2.01. The van der Waals surface area contributed by atoms with E-state index in [9.17, 15) is 4.79 Å². The number of carbonyl (C=O) groups excluding carboxylic acids is 1. The van der Waals surface area contributed by atoms with Crippen LogP contribution in [0.1, 0.15) is 58.3 Å². The lowest BCUT2D eigenvalue weighted by Crippen LogP contribution is -2.48. The van der Waals surface area contributed by atoms with Gasteiger partial charge in [-0.1, -0.05) is 5.57 Å². The molecule has 5 aliphatic rings. The topological polar surface area (TPSA) is 58.1 Å². The average molecular weight is 381 g/mol. The van der Waals surface area contributed by atoms with E-state index >= 15 is 0 Å². The van der Waals surface area contributed by atoms with Crippen LogP contribution in [0.4, 0.5) is 5.95 Å². The summed E-state index contributed by atoms with van der Waals surface area (Å²) >= 11 is 0. The number of nitrogens with one attached hydrogen (secondary N) is 1. The average Bonchev–Trinajstić information content (AvgIpc) is 2.68. The highest BCUT2D eigenvalue weighted by Crippen LogP contribution is 2.62. The summed E-state index contributed by atoms with van der Waals surface area (Å²) in [6.45, 7) is 3.97. The molecule has 5 nitrogen and oxygen atoms in total. The smallest absolute Gasteiger partial charge is 0.244 e. The van der Waals surface area contributed by atoms with Crippen molar-refractivity contribution >= 4 is 11.9 Å². The van der Waals surface area contributed by atoms with Crippen molar-refractivity contribution in [1.29, 1.82) is 0 Å². The molecule has 0 spiro atoms. The van der Waals surface area contributed by atoms with Crippen LogP contribution in [0.5, 0.6) is 0 Å². The van der Waals surface area contributed by atoms with Crippen molar-refractivity contribution in [2.45, 2.75) is 64.3 Å². The summed E-state index contributed by atoms with van der Waals surface area (Å²) in [5.74, 6) is 3.59. The fourth-order valence-corrected chi connectivity index (χ4v) is 6.92. The zero-order chi connectivity index (χ0) is 19.1. The summed E-state index contributed by atoms with van der Waals surface area (Å²) in [7, 11) is 0. The van der Waals surface area contributed by atoms with Gasteiger partial charge in [-0.05, 0) is 87.5 Å². The molecule has 1 unspecified atom stereocenters. The second kappa shape index (κ2) is 7.16. The Hall–Kier alpha value is -1.91. The lowest BCUT2D eigenvalue weighted by Gasteiger charge is -2.57. The van der Waals surface area contributed by atoms with Gasteiger partial charge in [0.25, 0.3) is 0 Å². The molecule has 4 saturated carbocycles. The van der Waals surface area contributed by atoms with Crippen LogP contribution in [0.3, 0.4) is 0 Å². The Morgan fingerprint density at radius 1 is 1.14 bits per heavy atom. The Balaban J connectivity index is 1.23. The molecule has 150 valence electrons. The van der Waals surface area contributed by atoms with Crippen LogP contribution in [0.15, 0.2) is 30.1 Å². The summed E-state index contributed by atoms with van der Waals surface area (Å²) in [5, 5.41) is 3.27. The van der Waals surface area contributed by atoms with Crippen LogP contribution in [0.25, 0.3) is 0 Å². The maximum Gasteiger partial charge on any atom is 0.244 e. The molecule has 1 saturated heterocycles. The molecule has 5 heteroatoms. The molecular formula is C23H32N4O. The van der Waals surface area contributed by atoms with Gasteiger partial charge in [0.2, 0.25) is 11.9 Å². The number of hydrogen-bond acceptors (Lipinski definition) is 4. The highest BCUT2D eigenvalue weighted by Gasteiger charge is 2.51. The third kappa shape index (κ3) is 3.44. The van der Waals surface area contributed by atoms with E-state index in [0.717, 1.165) is 49.6 Å². The van der Waals surface area contributed by atoms with E-state index in [-0.39, 0.29) is 11.9 Å². The van der Waals surface area contributed by atoms with E-state index < -0.39 is 0 Å². The lowest BCUT2D eigenvalue weighted by atomic mass is 9.48. The minimum Gasteiger partial charge on any atom is -0.348 e. The lowest BCUT2D eigenvalue weighted by molar-refractivity contribution is -0.117. The maximum absolute atomic E-state index is 12.8. The number of rotatable bonds is 4. The number of piperidine rings is 1. The number of carbonyl (C=O) groups is 1. The molecule has 1 N–H and O–H groups in total. The Labute approximate surface area is 168 Å². The number of amides is 1. The molecule has 1 aliphatic heterocycles. The van der Waals surface area contributed by atoms with Gasteiger partial charge in [-0.15, -0.1) is 0 Å². The Morgan fingerprint density at radius 2 is 1.79 bits per heavy atom. The van der Waals surface area contributed by atoms with Crippen LogP contribution >= 0.6 is 0 Å². The maximum atomic E-state index is 12.8. The van der Waals surface area contributed by atoms with Crippen LogP contribution in [-0.4, -0.2) is 35.0 Å². The SMILES string of the molecule is C/C(=C/C(=O)NC1CCCN(c2ncccn2)C1)C12CC3CC(CC(C3)C1)C2. The van der Waals surface area contributed by atoms with Gasteiger partial charge in [-0.3, -0.25) is 4.79 Å². The van der Waals surface area contributed by atoms with Crippen LogP contribution in [0, 0.1) is 23.2 Å². The minimum absolute atomic E-state index is 0.0917. The first-order valence-corrected chi connectivity index (χ1v) is 11.1. The fraction of sp³-hybridized carbons (Fsp3) is 0.696. The molecule has 4 bridgehead atoms. The summed E-state index contributed by atoms with van der Waals surface area (Å²) in [6.07, 6.45) is 15.9. The summed E-state index contributed by atoms with van der Waals surface area (Å²) < 4.78 is 0. The summed E-state index contributed by atoms with van der Waals surface area (Å²) in [4.78, 5) is 23.7. The van der Waals surface area contributed by atoms with Crippen LogP contribution < -0.4 is 10.2 Å². The molecule has 0 aromatic carbocycles. The van der Waals surface area contributed by atoms with Crippen molar-refractivity contribution in [3.05, 3.63) is 30.1 Å². The van der Waals surface area contributed by atoms with Gasteiger partial charge >= 0.3 is 0 Å². The van der Waals surface area contributed by atoms with Crippen molar-refractivity contribution in [3.63, 3.8) is 0 Å².